The van der Waals surface area contributed by atoms with Crippen LogP contribution in [0.25, 0.3) is 0 Å². The molecule has 0 aliphatic heterocycles. The quantitative estimate of drug-likeness (QED) is 0.765. The third-order valence-electron chi connectivity index (χ3n) is 4.95. The summed E-state index contributed by atoms with van der Waals surface area (Å²) in [6.07, 6.45) is 5.75. The molecule has 2 N–H and O–H groups in total. The largest absolute Gasteiger partial charge is 0.330 e. The van der Waals surface area contributed by atoms with Gasteiger partial charge in [-0.25, -0.2) is 8.42 Å². The fourth-order valence-corrected chi connectivity index (χ4v) is 5.66. The van der Waals surface area contributed by atoms with Gasteiger partial charge in [-0.1, -0.05) is 40.5 Å². The predicted octanol–water partition coefficient (Wildman–Crippen LogP) is 3.38. The Kier molecular flexibility index (Phi) is 6.52. The van der Waals surface area contributed by atoms with Gasteiger partial charge in [-0.05, 0) is 49.5 Å². The van der Waals surface area contributed by atoms with E-state index in [-0.39, 0.29) is 16.6 Å². The van der Waals surface area contributed by atoms with Crippen LogP contribution in [0.4, 0.5) is 0 Å². The van der Waals surface area contributed by atoms with Crippen molar-refractivity contribution >= 4 is 9.84 Å². The highest BCUT2D eigenvalue weighted by molar-refractivity contribution is 7.92. The fourth-order valence-electron chi connectivity index (χ4n) is 3.39. The molecule has 120 valence electrons. The third kappa shape index (κ3) is 4.73. The Hall–Kier alpha value is -0.0900. The van der Waals surface area contributed by atoms with Crippen LogP contribution in [-0.2, 0) is 9.84 Å². The lowest BCUT2D eigenvalue weighted by molar-refractivity contribution is 0.154. The Morgan fingerprint density at radius 1 is 1.15 bits per heavy atom. The van der Waals surface area contributed by atoms with Gasteiger partial charge in [0.2, 0.25) is 0 Å². The maximum atomic E-state index is 12.6. The van der Waals surface area contributed by atoms with Crippen LogP contribution in [0.3, 0.4) is 0 Å². The van der Waals surface area contributed by atoms with Crippen LogP contribution in [0.15, 0.2) is 0 Å². The molecule has 0 saturated heterocycles. The van der Waals surface area contributed by atoms with Crippen molar-refractivity contribution in [3.63, 3.8) is 0 Å². The van der Waals surface area contributed by atoms with Gasteiger partial charge in [-0.2, -0.15) is 0 Å². The molecule has 0 aromatic rings. The van der Waals surface area contributed by atoms with Gasteiger partial charge in [0.25, 0.3) is 0 Å². The smallest absolute Gasteiger partial charge is 0.153 e. The van der Waals surface area contributed by atoms with Crippen LogP contribution in [0.5, 0.6) is 0 Å². The predicted molar refractivity (Wildman–Crippen MR) is 86.4 cm³/mol. The summed E-state index contributed by atoms with van der Waals surface area (Å²) in [4.78, 5) is 0. The third-order valence-corrected chi connectivity index (χ3v) is 7.31. The van der Waals surface area contributed by atoms with Crippen molar-refractivity contribution in [2.45, 2.75) is 71.5 Å². The first-order valence-electron chi connectivity index (χ1n) is 8.14. The number of hydrogen-bond donors (Lipinski definition) is 1. The molecule has 0 aromatic carbocycles. The van der Waals surface area contributed by atoms with E-state index in [1.54, 1.807) is 0 Å². The molecule has 20 heavy (non-hydrogen) atoms. The highest BCUT2D eigenvalue weighted by Crippen LogP contribution is 2.42. The minimum atomic E-state index is -2.99. The van der Waals surface area contributed by atoms with Gasteiger partial charge in [0, 0.05) is 0 Å². The fraction of sp³-hybridized carbons (Fsp3) is 1.00. The van der Waals surface area contributed by atoms with Crippen molar-refractivity contribution in [1.82, 2.24) is 0 Å². The van der Waals surface area contributed by atoms with Crippen molar-refractivity contribution in [3.8, 4) is 0 Å². The van der Waals surface area contributed by atoms with Gasteiger partial charge in [-0.15, -0.1) is 0 Å². The van der Waals surface area contributed by atoms with E-state index < -0.39 is 9.84 Å². The molecule has 1 fully saturated rings. The van der Waals surface area contributed by atoms with Gasteiger partial charge in [0.05, 0.1) is 11.0 Å². The van der Waals surface area contributed by atoms with Gasteiger partial charge < -0.3 is 5.73 Å². The molecule has 1 aliphatic rings. The molecule has 3 unspecified atom stereocenters. The van der Waals surface area contributed by atoms with E-state index in [1.165, 1.54) is 0 Å². The van der Waals surface area contributed by atoms with Crippen molar-refractivity contribution in [1.29, 1.82) is 0 Å². The summed E-state index contributed by atoms with van der Waals surface area (Å²) in [6, 6.07) is 0. The zero-order valence-electron chi connectivity index (χ0n) is 13.7. The molecular weight excluding hydrogens is 270 g/mol. The molecule has 1 aliphatic carbocycles. The summed E-state index contributed by atoms with van der Waals surface area (Å²) in [5.41, 5.74) is 6.03. The SMILES string of the molecule is CCCCCS(=O)(=O)C1CC(C(C)(C)C)CCC1CN. The van der Waals surface area contributed by atoms with E-state index in [1.807, 2.05) is 0 Å². The highest BCUT2D eigenvalue weighted by atomic mass is 32.2. The minimum absolute atomic E-state index is 0.167. The summed E-state index contributed by atoms with van der Waals surface area (Å²) in [5, 5.41) is -0.206. The zero-order chi connectivity index (χ0) is 15.4. The lowest BCUT2D eigenvalue weighted by Crippen LogP contribution is -2.43. The van der Waals surface area contributed by atoms with Crippen molar-refractivity contribution in [2.24, 2.45) is 23.0 Å². The van der Waals surface area contributed by atoms with E-state index in [2.05, 4.69) is 27.7 Å². The first-order valence-corrected chi connectivity index (χ1v) is 9.85. The van der Waals surface area contributed by atoms with Gasteiger partial charge in [-0.3, -0.25) is 0 Å². The summed E-state index contributed by atoms with van der Waals surface area (Å²) >= 11 is 0. The maximum absolute atomic E-state index is 12.6. The van der Waals surface area contributed by atoms with E-state index >= 15 is 0 Å². The molecule has 0 aromatic heterocycles. The number of unbranched alkanes of at least 4 members (excludes halogenated alkanes) is 2. The normalized spacial score (nSPS) is 28.6. The van der Waals surface area contributed by atoms with Crippen LogP contribution < -0.4 is 5.73 Å². The van der Waals surface area contributed by atoms with Crippen LogP contribution in [-0.4, -0.2) is 26.0 Å². The maximum Gasteiger partial charge on any atom is 0.153 e. The molecule has 0 heterocycles. The van der Waals surface area contributed by atoms with Gasteiger partial charge in [0.1, 0.15) is 0 Å². The second-order valence-corrected chi connectivity index (χ2v) is 9.82. The highest BCUT2D eigenvalue weighted by Gasteiger charge is 2.41. The Morgan fingerprint density at radius 2 is 1.80 bits per heavy atom. The molecule has 0 amide bonds. The number of hydrogen-bond acceptors (Lipinski definition) is 3. The molecule has 3 nitrogen and oxygen atoms in total. The monoisotopic (exact) mass is 303 g/mol. The van der Waals surface area contributed by atoms with Crippen LogP contribution in [0, 0.1) is 17.3 Å². The van der Waals surface area contributed by atoms with E-state index in [0.717, 1.165) is 38.5 Å². The van der Waals surface area contributed by atoms with Crippen molar-refractivity contribution in [3.05, 3.63) is 0 Å². The molecule has 0 spiro atoms. The van der Waals surface area contributed by atoms with Crippen LogP contribution in [0.2, 0.25) is 0 Å². The molecular formula is C16H33NO2S. The minimum Gasteiger partial charge on any atom is -0.330 e. The molecule has 4 heteroatoms. The van der Waals surface area contributed by atoms with Crippen LogP contribution >= 0.6 is 0 Å². The van der Waals surface area contributed by atoms with Gasteiger partial charge in [0.15, 0.2) is 9.84 Å². The average Bonchev–Trinajstić information content (AvgIpc) is 2.37. The molecule has 0 radical (unpaired) electrons. The second-order valence-electron chi connectivity index (χ2n) is 7.48. The lowest BCUT2D eigenvalue weighted by atomic mass is 9.69. The standard InChI is InChI=1S/C16H33NO2S/c1-5-6-7-10-20(18,19)15-11-14(16(2,3)4)9-8-13(15)12-17/h13-15H,5-12,17H2,1-4H3. The Bertz CT molecular complexity index is 384. The Balaban J connectivity index is 2.80. The number of nitrogens with two attached hydrogens (primary N) is 1. The summed E-state index contributed by atoms with van der Waals surface area (Å²) in [5.74, 6) is 1.01. The van der Waals surface area contributed by atoms with E-state index in [4.69, 9.17) is 5.73 Å². The zero-order valence-corrected chi connectivity index (χ0v) is 14.5. The summed E-state index contributed by atoms with van der Waals surface area (Å²) in [7, 11) is -2.99. The summed E-state index contributed by atoms with van der Waals surface area (Å²) < 4.78 is 25.3. The molecule has 0 bridgehead atoms. The number of rotatable bonds is 6. The van der Waals surface area contributed by atoms with E-state index in [0.29, 0.717) is 18.2 Å². The molecule has 1 saturated carbocycles. The van der Waals surface area contributed by atoms with Crippen LogP contribution in [0.1, 0.15) is 66.2 Å². The summed E-state index contributed by atoms with van der Waals surface area (Å²) in [6.45, 7) is 9.28. The van der Waals surface area contributed by atoms with Crippen molar-refractivity contribution in [2.75, 3.05) is 12.3 Å². The lowest BCUT2D eigenvalue weighted by Gasteiger charge is -2.41. The van der Waals surface area contributed by atoms with E-state index in [9.17, 15) is 8.42 Å². The first-order chi connectivity index (χ1) is 9.22. The first kappa shape index (κ1) is 18.0. The Labute approximate surface area is 125 Å². The topological polar surface area (TPSA) is 60.2 Å². The number of sulfone groups is 1. The Morgan fingerprint density at radius 3 is 2.30 bits per heavy atom. The molecule has 3 atom stereocenters. The van der Waals surface area contributed by atoms with Gasteiger partial charge >= 0.3 is 0 Å². The average molecular weight is 304 g/mol. The second kappa shape index (κ2) is 7.26. The van der Waals surface area contributed by atoms with Crippen molar-refractivity contribution < 1.29 is 8.42 Å². The molecule has 1 rings (SSSR count).